The first kappa shape index (κ1) is 11.1. The highest BCUT2D eigenvalue weighted by atomic mass is 32.2. The number of hydrogen-bond acceptors (Lipinski definition) is 3. The molecular formula is C11H11FO3S. The average Bonchev–Trinajstić information content (AvgIpc) is 2.60. The first-order chi connectivity index (χ1) is 7.52. The average molecular weight is 242 g/mol. The van der Waals surface area contributed by atoms with Crippen molar-refractivity contribution >= 4 is 20.8 Å². The van der Waals surface area contributed by atoms with E-state index in [1.165, 1.54) is 24.5 Å². The highest BCUT2D eigenvalue weighted by molar-refractivity contribution is 7.90. The number of sulfone groups is 1. The highest BCUT2D eigenvalue weighted by Crippen LogP contribution is 2.23. The monoisotopic (exact) mass is 242 g/mol. The van der Waals surface area contributed by atoms with Gasteiger partial charge in [0.2, 0.25) is 0 Å². The van der Waals surface area contributed by atoms with E-state index in [2.05, 4.69) is 0 Å². The molecule has 1 heterocycles. The maximum Gasteiger partial charge on any atom is 0.154 e. The lowest BCUT2D eigenvalue weighted by atomic mass is 10.2. The van der Waals surface area contributed by atoms with Crippen LogP contribution in [0.25, 0.3) is 11.0 Å². The molecule has 1 aromatic heterocycles. The maximum atomic E-state index is 12.9. The van der Waals surface area contributed by atoms with E-state index in [-0.39, 0.29) is 11.5 Å². The third-order valence-electron chi connectivity index (χ3n) is 2.43. The van der Waals surface area contributed by atoms with E-state index in [1.54, 1.807) is 6.92 Å². The van der Waals surface area contributed by atoms with Gasteiger partial charge < -0.3 is 4.42 Å². The van der Waals surface area contributed by atoms with Crippen LogP contribution in [-0.2, 0) is 15.6 Å². The summed E-state index contributed by atoms with van der Waals surface area (Å²) >= 11 is 0. The zero-order chi connectivity index (χ0) is 11.8. The third-order valence-corrected chi connectivity index (χ3v) is 4.06. The lowest BCUT2D eigenvalue weighted by molar-refractivity contribution is 0.589. The molecule has 0 aliphatic heterocycles. The summed E-state index contributed by atoms with van der Waals surface area (Å²) < 4.78 is 40.9. The second-order valence-corrected chi connectivity index (χ2v) is 5.93. The maximum absolute atomic E-state index is 12.9. The minimum Gasteiger partial charge on any atom is -0.464 e. The second kappa shape index (κ2) is 3.90. The number of fused-ring (bicyclic) bond motifs is 1. The van der Waals surface area contributed by atoms with Crippen LogP contribution >= 0.6 is 0 Å². The zero-order valence-corrected chi connectivity index (χ0v) is 9.55. The Kier molecular flexibility index (Phi) is 2.71. The van der Waals surface area contributed by atoms with E-state index in [0.29, 0.717) is 16.5 Å². The van der Waals surface area contributed by atoms with Crippen LogP contribution in [0.4, 0.5) is 4.39 Å². The largest absolute Gasteiger partial charge is 0.464 e. The number of halogens is 1. The molecule has 0 radical (unpaired) electrons. The summed E-state index contributed by atoms with van der Waals surface area (Å²) in [5.74, 6) is -0.380. The van der Waals surface area contributed by atoms with Gasteiger partial charge in [-0.15, -0.1) is 0 Å². The Morgan fingerprint density at radius 1 is 1.38 bits per heavy atom. The Hall–Kier alpha value is -1.36. The number of rotatable bonds is 3. The smallest absolute Gasteiger partial charge is 0.154 e. The molecule has 86 valence electrons. The van der Waals surface area contributed by atoms with Gasteiger partial charge in [-0.1, -0.05) is 6.92 Å². The number of hydrogen-bond donors (Lipinski definition) is 0. The highest BCUT2D eigenvalue weighted by Gasteiger charge is 2.14. The lowest BCUT2D eigenvalue weighted by Crippen LogP contribution is -2.05. The van der Waals surface area contributed by atoms with Gasteiger partial charge in [0.25, 0.3) is 0 Å². The molecule has 0 N–H and O–H groups in total. The fourth-order valence-corrected chi connectivity index (χ4v) is 2.41. The van der Waals surface area contributed by atoms with Gasteiger partial charge >= 0.3 is 0 Å². The van der Waals surface area contributed by atoms with Crippen molar-refractivity contribution < 1.29 is 17.2 Å². The predicted molar refractivity (Wildman–Crippen MR) is 59.3 cm³/mol. The molecule has 0 saturated heterocycles. The van der Waals surface area contributed by atoms with Crippen molar-refractivity contribution in [3.05, 3.63) is 35.8 Å². The summed E-state index contributed by atoms with van der Waals surface area (Å²) in [7, 11) is -3.10. The Bertz CT molecular complexity index is 613. The Morgan fingerprint density at radius 2 is 2.12 bits per heavy atom. The van der Waals surface area contributed by atoms with Gasteiger partial charge in [0.05, 0.1) is 12.0 Å². The van der Waals surface area contributed by atoms with Crippen molar-refractivity contribution in [2.45, 2.75) is 12.7 Å². The lowest BCUT2D eigenvalue weighted by Gasteiger charge is -1.98. The molecule has 0 fully saturated rings. The molecule has 0 spiro atoms. The molecule has 0 bridgehead atoms. The van der Waals surface area contributed by atoms with Crippen molar-refractivity contribution in [3.63, 3.8) is 0 Å². The summed E-state index contributed by atoms with van der Waals surface area (Å²) in [5.41, 5.74) is 0.957. The first-order valence-corrected chi connectivity index (χ1v) is 6.70. The van der Waals surface area contributed by atoms with E-state index in [4.69, 9.17) is 4.42 Å². The fraction of sp³-hybridized carbons (Fsp3) is 0.273. The quantitative estimate of drug-likeness (QED) is 0.830. The van der Waals surface area contributed by atoms with Crippen molar-refractivity contribution in [1.82, 2.24) is 0 Å². The first-order valence-electron chi connectivity index (χ1n) is 4.88. The van der Waals surface area contributed by atoms with E-state index < -0.39 is 15.7 Å². The van der Waals surface area contributed by atoms with Crippen molar-refractivity contribution in [2.24, 2.45) is 0 Å². The van der Waals surface area contributed by atoms with E-state index in [9.17, 15) is 12.8 Å². The molecule has 0 saturated carbocycles. The number of furan rings is 1. The van der Waals surface area contributed by atoms with Crippen LogP contribution < -0.4 is 0 Å². The van der Waals surface area contributed by atoms with Gasteiger partial charge in [-0.2, -0.15) is 0 Å². The standard InChI is InChI=1S/C11H11FO3S/c1-2-16(13,14)7-8-6-15-11-5-9(12)3-4-10(8)11/h3-6H,2,7H2,1H3. The van der Waals surface area contributed by atoms with Gasteiger partial charge in [-0.25, -0.2) is 12.8 Å². The fourth-order valence-electron chi connectivity index (χ4n) is 1.51. The summed E-state index contributed by atoms with van der Waals surface area (Å²) in [5, 5.41) is 0.651. The summed E-state index contributed by atoms with van der Waals surface area (Å²) in [6.07, 6.45) is 1.37. The van der Waals surface area contributed by atoms with Gasteiger partial charge in [-0.05, 0) is 12.1 Å². The van der Waals surface area contributed by atoms with Gasteiger partial charge in [-0.3, -0.25) is 0 Å². The van der Waals surface area contributed by atoms with Crippen molar-refractivity contribution in [3.8, 4) is 0 Å². The minimum absolute atomic E-state index is 0.0673. The predicted octanol–water partition coefficient (Wildman–Crippen LogP) is 2.51. The summed E-state index contributed by atoms with van der Waals surface area (Å²) in [6.45, 7) is 1.59. The minimum atomic E-state index is -3.10. The normalized spacial score (nSPS) is 12.1. The van der Waals surface area contributed by atoms with Crippen LogP contribution in [0.3, 0.4) is 0 Å². The molecule has 0 aliphatic rings. The molecule has 0 amide bonds. The third kappa shape index (κ3) is 2.09. The van der Waals surface area contributed by atoms with Crippen molar-refractivity contribution in [2.75, 3.05) is 5.75 Å². The van der Waals surface area contributed by atoms with Crippen LogP contribution in [0.2, 0.25) is 0 Å². The van der Waals surface area contributed by atoms with Gasteiger partial charge in [0.1, 0.15) is 11.4 Å². The Balaban J connectivity index is 2.47. The molecule has 0 atom stereocenters. The van der Waals surface area contributed by atoms with Crippen LogP contribution in [0.15, 0.2) is 28.9 Å². The summed E-state index contributed by atoms with van der Waals surface area (Å²) in [4.78, 5) is 0. The second-order valence-electron chi connectivity index (χ2n) is 3.58. The van der Waals surface area contributed by atoms with Crippen LogP contribution in [0, 0.1) is 5.82 Å². The zero-order valence-electron chi connectivity index (χ0n) is 8.73. The van der Waals surface area contributed by atoms with Crippen LogP contribution in [0.1, 0.15) is 12.5 Å². The summed E-state index contributed by atoms with van der Waals surface area (Å²) in [6, 6.07) is 4.08. The van der Waals surface area contributed by atoms with Gasteiger partial charge in [0, 0.05) is 22.8 Å². The number of benzene rings is 1. The molecular weight excluding hydrogens is 231 g/mol. The molecule has 3 nitrogen and oxygen atoms in total. The molecule has 2 aromatic rings. The molecule has 0 unspecified atom stereocenters. The SMILES string of the molecule is CCS(=O)(=O)Cc1coc2cc(F)ccc12. The topological polar surface area (TPSA) is 47.3 Å². The van der Waals surface area contributed by atoms with Gasteiger partial charge in [0.15, 0.2) is 9.84 Å². The van der Waals surface area contributed by atoms with E-state index in [1.807, 2.05) is 0 Å². The molecule has 16 heavy (non-hydrogen) atoms. The molecule has 1 aromatic carbocycles. The van der Waals surface area contributed by atoms with E-state index in [0.717, 1.165) is 0 Å². The molecule has 0 aliphatic carbocycles. The van der Waals surface area contributed by atoms with Crippen LogP contribution in [0.5, 0.6) is 0 Å². The van der Waals surface area contributed by atoms with E-state index >= 15 is 0 Å². The molecule has 5 heteroatoms. The van der Waals surface area contributed by atoms with Crippen LogP contribution in [-0.4, -0.2) is 14.2 Å². The Labute approximate surface area is 92.8 Å². The van der Waals surface area contributed by atoms with Crippen molar-refractivity contribution in [1.29, 1.82) is 0 Å². The Morgan fingerprint density at radius 3 is 2.81 bits per heavy atom. The molecule has 2 rings (SSSR count).